The Morgan fingerprint density at radius 1 is 1.16 bits per heavy atom. The number of halogens is 1. The van der Waals surface area contributed by atoms with Crippen LogP contribution in [0.25, 0.3) is 0 Å². The molecule has 3 heteroatoms. The largest absolute Gasteiger partial charge is 0.370 e. The van der Waals surface area contributed by atoms with Crippen LogP contribution in [0.3, 0.4) is 0 Å². The second-order valence-electron chi connectivity index (χ2n) is 5.88. The fourth-order valence-corrected chi connectivity index (χ4v) is 2.39. The maximum Gasteiger partial charge on any atom is 0.0642 e. The van der Waals surface area contributed by atoms with E-state index in [4.69, 9.17) is 11.6 Å². The lowest BCUT2D eigenvalue weighted by atomic mass is 10.0. The van der Waals surface area contributed by atoms with Crippen LogP contribution in [-0.2, 0) is 6.54 Å². The molecule has 0 aliphatic carbocycles. The van der Waals surface area contributed by atoms with E-state index < -0.39 is 0 Å². The first-order chi connectivity index (χ1) is 8.84. The van der Waals surface area contributed by atoms with E-state index in [1.165, 1.54) is 5.56 Å². The molecule has 1 N–H and O–H groups in total. The lowest BCUT2D eigenvalue weighted by Crippen LogP contribution is -2.34. The highest BCUT2D eigenvalue weighted by atomic mass is 35.5. The molecule has 0 fully saturated rings. The molecule has 108 valence electrons. The lowest BCUT2D eigenvalue weighted by molar-refractivity contribution is 0.503. The Bertz CT molecular complexity index is 402. The van der Waals surface area contributed by atoms with E-state index in [1.54, 1.807) is 0 Å². The van der Waals surface area contributed by atoms with Gasteiger partial charge in [0.2, 0.25) is 0 Å². The third-order valence-corrected chi connectivity index (χ3v) is 4.00. The molecular weight excluding hydrogens is 256 g/mol. The monoisotopic (exact) mass is 282 g/mol. The first-order valence-corrected chi connectivity index (χ1v) is 7.46. The van der Waals surface area contributed by atoms with Crippen molar-refractivity contribution in [2.24, 2.45) is 5.92 Å². The molecule has 0 aliphatic heterocycles. The number of nitrogens with zero attached hydrogens (tertiary/aromatic N) is 1. The van der Waals surface area contributed by atoms with E-state index in [-0.39, 0.29) is 0 Å². The zero-order valence-corrected chi connectivity index (χ0v) is 13.8. The van der Waals surface area contributed by atoms with E-state index >= 15 is 0 Å². The van der Waals surface area contributed by atoms with Gasteiger partial charge >= 0.3 is 0 Å². The Morgan fingerprint density at radius 3 is 2.32 bits per heavy atom. The minimum atomic E-state index is 0.456. The molecule has 2 nitrogen and oxygen atoms in total. The molecule has 0 heterocycles. The smallest absolute Gasteiger partial charge is 0.0642 e. The quantitative estimate of drug-likeness (QED) is 0.836. The summed E-state index contributed by atoms with van der Waals surface area (Å²) in [5.41, 5.74) is 2.41. The predicted octanol–water partition coefficient (Wildman–Crippen LogP) is 4.32. The van der Waals surface area contributed by atoms with Gasteiger partial charge in [0.25, 0.3) is 0 Å². The second-order valence-corrected chi connectivity index (χ2v) is 6.29. The van der Waals surface area contributed by atoms with Crippen LogP contribution in [0.5, 0.6) is 0 Å². The molecule has 0 spiro atoms. The van der Waals surface area contributed by atoms with Crippen molar-refractivity contribution in [3.05, 3.63) is 28.8 Å². The van der Waals surface area contributed by atoms with Crippen LogP contribution in [-0.4, -0.2) is 19.1 Å². The van der Waals surface area contributed by atoms with Crippen molar-refractivity contribution in [3.63, 3.8) is 0 Å². The third-order valence-electron chi connectivity index (χ3n) is 3.70. The first kappa shape index (κ1) is 16.3. The summed E-state index contributed by atoms with van der Waals surface area (Å²) < 4.78 is 0. The summed E-state index contributed by atoms with van der Waals surface area (Å²) in [7, 11) is 2.13. The van der Waals surface area contributed by atoms with E-state index in [0.717, 1.165) is 17.3 Å². The molecule has 0 bridgehead atoms. The van der Waals surface area contributed by atoms with E-state index in [0.29, 0.717) is 18.0 Å². The van der Waals surface area contributed by atoms with Gasteiger partial charge in [-0.1, -0.05) is 51.4 Å². The van der Waals surface area contributed by atoms with Gasteiger partial charge in [-0.3, -0.25) is 0 Å². The van der Waals surface area contributed by atoms with Crippen LogP contribution in [0.15, 0.2) is 18.2 Å². The summed E-state index contributed by atoms with van der Waals surface area (Å²) in [6.45, 7) is 11.9. The molecule has 0 amide bonds. The molecule has 0 saturated heterocycles. The number of rotatable bonds is 6. The SMILES string of the molecule is CC(C)NCc1cccc(Cl)c1N(C)C(C)C(C)C. The van der Waals surface area contributed by atoms with Crippen LogP contribution in [0.2, 0.25) is 5.02 Å². The molecule has 0 radical (unpaired) electrons. The number of para-hydroxylation sites is 1. The molecule has 1 aromatic carbocycles. The van der Waals surface area contributed by atoms with Crippen molar-refractivity contribution in [1.82, 2.24) is 5.32 Å². The third kappa shape index (κ3) is 4.39. The van der Waals surface area contributed by atoms with Crippen molar-refractivity contribution in [3.8, 4) is 0 Å². The minimum Gasteiger partial charge on any atom is -0.370 e. The van der Waals surface area contributed by atoms with Crippen molar-refractivity contribution in [2.45, 2.75) is 53.2 Å². The zero-order chi connectivity index (χ0) is 14.6. The van der Waals surface area contributed by atoms with Gasteiger partial charge in [-0.2, -0.15) is 0 Å². The van der Waals surface area contributed by atoms with E-state index in [1.807, 2.05) is 12.1 Å². The highest BCUT2D eigenvalue weighted by molar-refractivity contribution is 6.33. The fraction of sp³-hybridized carbons (Fsp3) is 0.625. The summed E-state index contributed by atoms with van der Waals surface area (Å²) in [6, 6.07) is 7.08. The molecule has 0 aromatic heterocycles. The predicted molar refractivity (Wildman–Crippen MR) is 86.1 cm³/mol. The Morgan fingerprint density at radius 2 is 1.79 bits per heavy atom. The molecule has 1 unspecified atom stereocenters. The molecule has 0 aliphatic rings. The number of anilines is 1. The van der Waals surface area contributed by atoms with Gasteiger partial charge in [-0.05, 0) is 24.5 Å². The standard InChI is InChI=1S/C16H27ClN2/c1-11(2)13(5)19(6)16-14(10-18-12(3)4)8-7-9-15(16)17/h7-9,11-13,18H,10H2,1-6H3. The van der Waals surface area contributed by atoms with Crippen molar-refractivity contribution in [2.75, 3.05) is 11.9 Å². The Hall–Kier alpha value is -0.730. The summed E-state index contributed by atoms with van der Waals surface area (Å²) in [4.78, 5) is 2.30. The van der Waals surface area contributed by atoms with Crippen LogP contribution in [0, 0.1) is 5.92 Å². The maximum absolute atomic E-state index is 6.42. The van der Waals surface area contributed by atoms with Crippen molar-refractivity contribution >= 4 is 17.3 Å². The van der Waals surface area contributed by atoms with Crippen molar-refractivity contribution < 1.29 is 0 Å². The Balaban J connectivity index is 3.03. The van der Waals surface area contributed by atoms with Gasteiger partial charge in [-0.15, -0.1) is 0 Å². The number of nitrogens with one attached hydrogen (secondary N) is 1. The highest BCUT2D eigenvalue weighted by Crippen LogP contribution is 2.31. The maximum atomic E-state index is 6.42. The molecule has 1 rings (SSSR count). The molecule has 1 atom stereocenters. The summed E-state index contributed by atoms with van der Waals surface area (Å²) in [6.07, 6.45) is 0. The summed E-state index contributed by atoms with van der Waals surface area (Å²) in [5.74, 6) is 0.590. The second kappa shape index (κ2) is 7.16. The highest BCUT2D eigenvalue weighted by Gasteiger charge is 2.18. The van der Waals surface area contributed by atoms with E-state index in [9.17, 15) is 0 Å². The van der Waals surface area contributed by atoms with Gasteiger partial charge in [0.1, 0.15) is 0 Å². The zero-order valence-electron chi connectivity index (χ0n) is 13.0. The van der Waals surface area contributed by atoms with Crippen LogP contribution >= 0.6 is 11.6 Å². The number of hydrogen-bond acceptors (Lipinski definition) is 2. The van der Waals surface area contributed by atoms with Crippen LogP contribution in [0.1, 0.15) is 40.2 Å². The number of hydrogen-bond donors (Lipinski definition) is 1. The van der Waals surface area contributed by atoms with Crippen molar-refractivity contribution in [1.29, 1.82) is 0 Å². The molecule has 0 saturated carbocycles. The van der Waals surface area contributed by atoms with Gasteiger partial charge in [0.15, 0.2) is 0 Å². The summed E-state index contributed by atoms with van der Waals surface area (Å²) >= 11 is 6.42. The van der Waals surface area contributed by atoms with Gasteiger partial charge in [-0.25, -0.2) is 0 Å². The van der Waals surface area contributed by atoms with E-state index in [2.05, 4.69) is 57.9 Å². The van der Waals surface area contributed by atoms with Crippen LogP contribution < -0.4 is 10.2 Å². The van der Waals surface area contributed by atoms with Gasteiger partial charge < -0.3 is 10.2 Å². The number of benzene rings is 1. The van der Waals surface area contributed by atoms with Gasteiger partial charge in [0, 0.05) is 25.7 Å². The van der Waals surface area contributed by atoms with Crippen LogP contribution in [0.4, 0.5) is 5.69 Å². The molecular formula is C16H27ClN2. The average Bonchev–Trinajstić information content (AvgIpc) is 2.34. The summed E-state index contributed by atoms with van der Waals surface area (Å²) in [5, 5.41) is 4.30. The lowest BCUT2D eigenvalue weighted by Gasteiger charge is -2.32. The average molecular weight is 283 g/mol. The molecule has 1 aromatic rings. The minimum absolute atomic E-state index is 0.456. The fourth-order valence-electron chi connectivity index (χ4n) is 2.06. The Kier molecular flexibility index (Phi) is 6.15. The normalized spacial score (nSPS) is 13.1. The Labute approximate surface area is 123 Å². The van der Waals surface area contributed by atoms with Gasteiger partial charge in [0.05, 0.1) is 10.7 Å². The molecule has 19 heavy (non-hydrogen) atoms. The first-order valence-electron chi connectivity index (χ1n) is 7.08. The topological polar surface area (TPSA) is 15.3 Å².